The molecule has 0 heterocycles. The Labute approximate surface area is 108 Å². The minimum atomic E-state index is -0.176. The maximum Gasteiger partial charge on any atom is 0.228 e. The number of nitrogens with one attached hydrogen (secondary N) is 1. The van der Waals surface area contributed by atoms with Gasteiger partial charge < -0.3 is 10.2 Å². The number of carbonyl (C=O) groups excluding carboxylic acids is 1. The van der Waals surface area contributed by atoms with Crippen molar-refractivity contribution in [3.8, 4) is 0 Å². The molecule has 17 heavy (non-hydrogen) atoms. The van der Waals surface area contributed by atoms with Crippen LogP contribution in [0.15, 0.2) is 18.2 Å². The molecule has 1 N–H and O–H groups in total. The summed E-state index contributed by atoms with van der Waals surface area (Å²) in [5.74, 6) is 0.117. The van der Waals surface area contributed by atoms with Crippen molar-refractivity contribution in [1.82, 2.24) is 0 Å². The Kier molecular flexibility index (Phi) is 4.82. The van der Waals surface area contributed by atoms with Crippen LogP contribution < -0.4 is 10.2 Å². The van der Waals surface area contributed by atoms with Crippen molar-refractivity contribution < 1.29 is 4.79 Å². The number of rotatable bonds is 4. The van der Waals surface area contributed by atoms with Crippen LogP contribution in [0.1, 0.15) is 12.5 Å². The number of nitrogens with zero attached hydrogens (tertiary/aromatic N) is 1. The fraction of sp³-hybridized carbons (Fsp3) is 0.462. The second kappa shape index (κ2) is 5.92. The lowest BCUT2D eigenvalue weighted by Crippen LogP contribution is -2.22. The molecule has 1 atom stereocenters. The van der Waals surface area contributed by atoms with Gasteiger partial charge in [-0.15, -0.1) is 11.6 Å². The summed E-state index contributed by atoms with van der Waals surface area (Å²) in [6.45, 7) is 3.79. The predicted molar refractivity (Wildman–Crippen MR) is 74.0 cm³/mol. The highest BCUT2D eigenvalue weighted by atomic mass is 35.5. The van der Waals surface area contributed by atoms with Gasteiger partial charge in [0.1, 0.15) is 0 Å². The number of anilines is 2. The van der Waals surface area contributed by atoms with E-state index in [1.807, 2.05) is 51.0 Å². The Hall–Kier alpha value is -1.22. The minimum absolute atomic E-state index is 0.0410. The predicted octanol–water partition coefficient (Wildman–Crippen LogP) is 2.87. The van der Waals surface area contributed by atoms with E-state index >= 15 is 0 Å². The van der Waals surface area contributed by atoms with Gasteiger partial charge in [-0.05, 0) is 30.7 Å². The van der Waals surface area contributed by atoms with E-state index in [0.717, 1.165) is 16.9 Å². The van der Waals surface area contributed by atoms with E-state index in [1.165, 1.54) is 0 Å². The van der Waals surface area contributed by atoms with Crippen LogP contribution >= 0.6 is 11.6 Å². The highest BCUT2D eigenvalue weighted by Gasteiger charge is 2.12. The molecule has 1 amide bonds. The monoisotopic (exact) mass is 254 g/mol. The zero-order valence-electron chi connectivity index (χ0n) is 10.7. The number of hydrogen-bond acceptors (Lipinski definition) is 2. The summed E-state index contributed by atoms with van der Waals surface area (Å²) in [6, 6.07) is 5.94. The molecule has 0 saturated carbocycles. The van der Waals surface area contributed by atoms with E-state index in [0.29, 0.717) is 5.88 Å². The first-order valence-electron chi connectivity index (χ1n) is 5.60. The van der Waals surface area contributed by atoms with Crippen molar-refractivity contribution in [2.45, 2.75) is 13.8 Å². The SMILES string of the molecule is Cc1cc(N(C)C)ccc1NC(=O)C(C)CCl. The van der Waals surface area contributed by atoms with Gasteiger partial charge in [-0.2, -0.15) is 0 Å². The van der Waals surface area contributed by atoms with Gasteiger partial charge in [0, 0.05) is 37.3 Å². The molecule has 0 aromatic heterocycles. The van der Waals surface area contributed by atoms with E-state index < -0.39 is 0 Å². The zero-order chi connectivity index (χ0) is 13.0. The third-order valence-electron chi connectivity index (χ3n) is 2.66. The van der Waals surface area contributed by atoms with Crippen LogP contribution in [-0.4, -0.2) is 25.9 Å². The molecule has 0 saturated heterocycles. The summed E-state index contributed by atoms with van der Waals surface area (Å²) >= 11 is 5.65. The van der Waals surface area contributed by atoms with Crippen molar-refractivity contribution in [3.05, 3.63) is 23.8 Å². The van der Waals surface area contributed by atoms with Crippen LogP contribution in [-0.2, 0) is 4.79 Å². The normalized spacial score (nSPS) is 12.1. The maximum absolute atomic E-state index is 11.7. The summed E-state index contributed by atoms with van der Waals surface area (Å²) < 4.78 is 0. The molecule has 4 heteroatoms. The summed E-state index contributed by atoms with van der Waals surface area (Å²) in [5.41, 5.74) is 3.01. The van der Waals surface area contributed by atoms with Crippen LogP contribution in [0.3, 0.4) is 0 Å². The first-order chi connectivity index (χ1) is 7.95. The van der Waals surface area contributed by atoms with Crippen molar-refractivity contribution in [3.63, 3.8) is 0 Å². The third kappa shape index (κ3) is 3.63. The van der Waals surface area contributed by atoms with Gasteiger partial charge in [0.15, 0.2) is 0 Å². The maximum atomic E-state index is 11.7. The number of halogens is 1. The summed E-state index contributed by atoms with van der Waals surface area (Å²) in [6.07, 6.45) is 0. The average molecular weight is 255 g/mol. The van der Waals surface area contributed by atoms with E-state index in [4.69, 9.17) is 11.6 Å². The first kappa shape index (κ1) is 13.8. The molecule has 0 spiro atoms. The van der Waals surface area contributed by atoms with Crippen molar-refractivity contribution in [1.29, 1.82) is 0 Å². The molecule has 0 radical (unpaired) electrons. The fourth-order valence-electron chi connectivity index (χ4n) is 1.39. The largest absolute Gasteiger partial charge is 0.378 e. The smallest absolute Gasteiger partial charge is 0.228 e. The molecular weight excluding hydrogens is 236 g/mol. The summed E-state index contributed by atoms with van der Waals surface area (Å²) in [5, 5.41) is 2.89. The summed E-state index contributed by atoms with van der Waals surface area (Å²) in [7, 11) is 3.98. The molecule has 1 rings (SSSR count). The Morgan fingerprint density at radius 2 is 2.12 bits per heavy atom. The van der Waals surface area contributed by atoms with Gasteiger partial charge in [-0.3, -0.25) is 4.79 Å². The Balaban J connectivity index is 2.83. The van der Waals surface area contributed by atoms with Crippen LogP contribution in [0.5, 0.6) is 0 Å². The molecule has 1 unspecified atom stereocenters. The molecule has 0 aliphatic rings. The number of aryl methyl sites for hydroxylation is 1. The lowest BCUT2D eigenvalue weighted by Gasteiger charge is -2.16. The van der Waals surface area contributed by atoms with Crippen LogP contribution in [0.25, 0.3) is 0 Å². The second-order valence-electron chi connectivity index (χ2n) is 4.44. The molecule has 1 aromatic carbocycles. The number of alkyl halides is 1. The lowest BCUT2D eigenvalue weighted by molar-refractivity contribution is -0.118. The molecule has 0 aliphatic heterocycles. The Morgan fingerprint density at radius 1 is 1.47 bits per heavy atom. The molecule has 0 aliphatic carbocycles. The number of carbonyl (C=O) groups is 1. The van der Waals surface area contributed by atoms with Gasteiger partial charge in [-0.25, -0.2) is 0 Å². The molecule has 3 nitrogen and oxygen atoms in total. The molecule has 1 aromatic rings. The van der Waals surface area contributed by atoms with E-state index in [-0.39, 0.29) is 11.8 Å². The van der Waals surface area contributed by atoms with Crippen molar-refractivity contribution in [2.24, 2.45) is 5.92 Å². The van der Waals surface area contributed by atoms with Crippen LogP contribution in [0, 0.1) is 12.8 Å². The number of hydrogen-bond donors (Lipinski definition) is 1. The van der Waals surface area contributed by atoms with Gasteiger partial charge in [0.25, 0.3) is 0 Å². The molecule has 0 fully saturated rings. The lowest BCUT2D eigenvalue weighted by atomic mass is 10.1. The highest BCUT2D eigenvalue weighted by Crippen LogP contribution is 2.21. The molecule has 94 valence electrons. The van der Waals surface area contributed by atoms with Gasteiger partial charge >= 0.3 is 0 Å². The van der Waals surface area contributed by atoms with Crippen LogP contribution in [0.4, 0.5) is 11.4 Å². The second-order valence-corrected chi connectivity index (χ2v) is 4.75. The van der Waals surface area contributed by atoms with Gasteiger partial charge in [-0.1, -0.05) is 6.92 Å². The Bertz CT molecular complexity index is 404. The quantitative estimate of drug-likeness (QED) is 0.838. The standard InChI is InChI=1S/C13H19ClN2O/c1-9-7-11(16(3)4)5-6-12(9)15-13(17)10(2)8-14/h5-7,10H,8H2,1-4H3,(H,15,17). The number of amides is 1. The molecular formula is C13H19ClN2O. The van der Waals surface area contributed by atoms with Crippen molar-refractivity contribution in [2.75, 3.05) is 30.2 Å². The fourth-order valence-corrected chi connectivity index (χ4v) is 1.53. The number of benzene rings is 1. The average Bonchev–Trinajstić information content (AvgIpc) is 2.30. The molecule has 0 bridgehead atoms. The van der Waals surface area contributed by atoms with E-state index in [9.17, 15) is 4.79 Å². The van der Waals surface area contributed by atoms with Crippen LogP contribution in [0.2, 0.25) is 0 Å². The van der Waals surface area contributed by atoms with Gasteiger partial charge in [0.05, 0.1) is 0 Å². The zero-order valence-corrected chi connectivity index (χ0v) is 11.5. The Morgan fingerprint density at radius 3 is 2.59 bits per heavy atom. The van der Waals surface area contributed by atoms with Crippen molar-refractivity contribution >= 4 is 28.9 Å². The first-order valence-corrected chi connectivity index (χ1v) is 6.14. The van der Waals surface area contributed by atoms with Gasteiger partial charge in [0.2, 0.25) is 5.91 Å². The van der Waals surface area contributed by atoms with E-state index in [1.54, 1.807) is 0 Å². The third-order valence-corrected chi connectivity index (χ3v) is 3.13. The minimum Gasteiger partial charge on any atom is -0.378 e. The highest BCUT2D eigenvalue weighted by molar-refractivity contribution is 6.19. The van der Waals surface area contributed by atoms with E-state index in [2.05, 4.69) is 5.32 Å². The summed E-state index contributed by atoms with van der Waals surface area (Å²) in [4.78, 5) is 13.7. The topological polar surface area (TPSA) is 32.3 Å².